The summed E-state index contributed by atoms with van der Waals surface area (Å²) in [5.74, 6) is 1.00. The summed E-state index contributed by atoms with van der Waals surface area (Å²) in [6.07, 6.45) is 4.13. The van der Waals surface area contributed by atoms with Crippen molar-refractivity contribution in [3.8, 4) is 17.0 Å². The van der Waals surface area contributed by atoms with Crippen LogP contribution in [0.1, 0.15) is 54.1 Å². The van der Waals surface area contributed by atoms with Gasteiger partial charge in [0.05, 0.1) is 0 Å². The molecule has 27 heavy (non-hydrogen) atoms. The van der Waals surface area contributed by atoms with Crippen LogP contribution >= 0.6 is 0 Å². The molecular formula is C23H23NO3. The number of aliphatic hydroxyl groups is 1. The number of hydrogen-bond donors (Lipinski definition) is 1. The predicted octanol–water partition coefficient (Wildman–Crippen LogP) is 4.98. The minimum atomic E-state index is -1.01. The summed E-state index contributed by atoms with van der Waals surface area (Å²) < 4.78 is 11.7. The number of ether oxygens (including phenoxy) is 1. The van der Waals surface area contributed by atoms with Crippen molar-refractivity contribution in [3.63, 3.8) is 0 Å². The molecule has 0 saturated heterocycles. The van der Waals surface area contributed by atoms with Crippen molar-refractivity contribution in [2.24, 2.45) is 0 Å². The molecule has 1 N–H and O–H groups in total. The fraction of sp³-hybridized carbons (Fsp3) is 0.348. The monoisotopic (exact) mass is 361 g/mol. The SMILES string of the molecule is Cc1ccc(-c2cc(Cc3cccc4c3OC3(O)CCCC4C3)on2)cc1. The van der Waals surface area contributed by atoms with Crippen molar-refractivity contribution >= 4 is 0 Å². The van der Waals surface area contributed by atoms with E-state index in [1.165, 1.54) is 11.1 Å². The number of aryl methyl sites for hydroxylation is 1. The van der Waals surface area contributed by atoms with Crippen LogP contribution in [0.3, 0.4) is 0 Å². The molecule has 0 amide bonds. The molecule has 1 fully saturated rings. The van der Waals surface area contributed by atoms with Crippen molar-refractivity contribution in [1.82, 2.24) is 5.16 Å². The maximum Gasteiger partial charge on any atom is 0.208 e. The molecule has 138 valence electrons. The molecule has 1 aliphatic heterocycles. The van der Waals surface area contributed by atoms with Crippen LogP contribution in [0.25, 0.3) is 11.3 Å². The number of fused-ring (bicyclic) bond motifs is 4. The topological polar surface area (TPSA) is 55.5 Å². The second kappa shape index (κ2) is 6.24. The molecule has 4 nitrogen and oxygen atoms in total. The normalized spacial score (nSPS) is 23.6. The summed E-state index contributed by atoms with van der Waals surface area (Å²) in [7, 11) is 0. The van der Waals surface area contributed by atoms with Crippen LogP contribution in [0.15, 0.2) is 53.1 Å². The lowest BCUT2D eigenvalue weighted by Gasteiger charge is -2.43. The first-order valence-corrected chi connectivity index (χ1v) is 9.65. The molecule has 0 radical (unpaired) electrons. The highest BCUT2D eigenvalue weighted by atomic mass is 16.6. The molecule has 1 saturated carbocycles. The highest BCUT2D eigenvalue weighted by Gasteiger charge is 2.43. The third-order valence-corrected chi connectivity index (χ3v) is 5.82. The second-order valence-electron chi connectivity index (χ2n) is 7.90. The summed E-state index contributed by atoms with van der Waals surface area (Å²) in [4.78, 5) is 0. The number of aromatic nitrogens is 1. The van der Waals surface area contributed by atoms with Crippen LogP contribution in [0, 0.1) is 6.92 Å². The molecule has 2 heterocycles. The van der Waals surface area contributed by atoms with Crippen LogP contribution in [0.4, 0.5) is 0 Å². The van der Waals surface area contributed by atoms with Crippen molar-refractivity contribution in [2.75, 3.05) is 0 Å². The van der Waals surface area contributed by atoms with Gasteiger partial charge in [-0.3, -0.25) is 0 Å². The fourth-order valence-electron chi connectivity index (χ4n) is 4.40. The van der Waals surface area contributed by atoms with Crippen LogP contribution in [-0.4, -0.2) is 16.1 Å². The number of benzene rings is 2. The van der Waals surface area contributed by atoms with Crippen LogP contribution < -0.4 is 4.74 Å². The van der Waals surface area contributed by atoms with E-state index in [0.717, 1.165) is 41.2 Å². The smallest absolute Gasteiger partial charge is 0.208 e. The third kappa shape index (κ3) is 3.04. The second-order valence-corrected chi connectivity index (χ2v) is 7.90. The van der Waals surface area contributed by atoms with E-state index < -0.39 is 5.79 Å². The van der Waals surface area contributed by atoms with E-state index in [1.54, 1.807) is 0 Å². The van der Waals surface area contributed by atoms with Gasteiger partial charge in [0, 0.05) is 36.5 Å². The Balaban J connectivity index is 1.45. The number of rotatable bonds is 3. The van der Waals surface area contributed by atoms with Crippen molar-refractivity contribution in [2.45, 2.75) is 50.7 Å². The van der Waals surface area contributed by atoms with E-state index in [9.17, 15) is 5.11 Å². The van der Waals surface area contributed by atoms with Crippen molar-refractivity contribution < 1.29 is 14.4 Å². The Morgan fingerprint density at radius 2 is 2.04 bits per heavy atom. The number of nitrogens with zero attached hydrogens (tertiary/aromatic N) is 1. The van der Waals surface area contributed by atoms with Crippen molar-refractivity contribution in [1.29, 1.82) is 0 Å². The fourth-order valence-corrected chi connectivity index (χ4v) is 4.40. The first kappa shape index (κ1) is 16.6. The Bertz CT molecular complexity index is 976. The molecule has 2 aromatic carbocycles. The average molecular weight is 361 g/mol. The molecule has 1 aliphatic carbocycles. The maximum absolute atomic E-state index is 10.8. The molecule has 5 rings (SSSR count). The summed E-state index contributed by atoms with van der Waals surface area (Å²) >= 11 is 0. The van der Waals surface area contributed by atoms with Gasteiger partial charge < -0.3 is 14.4 Å². The Morgan fingerprint density at radius 1 is 1.19 bits per heavy atom. The maximum atomic E-state index is 10.8. The molecule has 3 aromatic rings. The predicted molar refractivity (Wildman–Crippen MR) is 103 cm³/mol. The lowest BCUT2D eigenvalue weighted by Crippen LogP contribution is -2.43. The molecule has 2 unspecified atom stereocenters. The quantitative estimate of drug-likeness (QED) is 0.715. The van der Waals surface area contributed by atoms with E-state index >= 15 is 0 Å². The zero-order chi connectivity index (χ0) is 18.4. The van der Waals surface area contributed by atoms with Gasteiger partial charge in [0.1, 0.15) is 17.2 Å². The molecule has 0 spiro atoms. The van der Waals surface area contributed by atoms with E-state index in [4.69, 9.17) is 9.26 Å². The van der Waals surface area contributed by atoms with Gasteiger partial charge in [-0.2, -0.15) is 0 Å². The van der Waals surface area contributed by atoms with Gasteiger partial charge in [-0.15, -0.1) is 0 Å². The first-order chi connectivity index (χ1) is 13.1. The summed E-state index contributed by atoms with van der Waals surface area (Å²) in [5.41, 5.74) is 5.37. The van der Waals surface area contributed by atoms with E-state index in [0.29, 0.717) is 25.2 Å². The van der Waals surface area contributed by atoms with Gasteiger partial charge in [0.15, 0.2) is 0 Å². The molecule has 2 atom stereocenters. The van der Waals surface area contributed by atoms with E-state index in [-0.39, 0.29) is 0 Å². The summed E-state index contributed by atoms with van der Waals surface area (Å²) in [5, 5.41) is 15.0. The number of hydrogen-bond acceptors (Lipinski definition) is 4. The third-order valence-electron chi connectivity index (χ3n) is 5.82. The van der Waals surface area contributed by atoms with E-state index in [2.05, 4.69) is 54.5 Å². The molecule has 2 aliphatic rings. The average Bonchev–Trinajstić information content (AvgIpc) is 3.11. The molecule has 4 heteroatoms. The van der Waals surface area contributed by atoms with Gasteiger partial charge in [-0.25, -0.2) is 0 Å². The largest absolute Gasteiger partial charge is 0.462 e. The van der Waals surface area contributed by atoms with Gasteiger partial charge in [-0.05, 0) is 31.2 Å². The Kier molecular flexibility index (Phi) is 3.83. The van der Waals surface area contributed by atoms with Crippen molar-refractivity contribution in [3.05, 3.63) is 71.0 Å². The lowest BCUT2D eigenvalue weighted by atomic mass is 9.77. The first-order valence-electron chi connectivity index (χ1n) is 9.65. The highest BCUT2D eigenvalue weighted by Crippen LogP contribution is 2.49. The summed E-state index contributed by atoms with van der Waals surface area (Å²) in [6, 6.07) is 16.5. The lowest BCUT2D eigenvalue weighted by molar-refractivity contribution is -0.173. The summed E-state index contributed by atoms with van der Waals surface area (Å²) in [6.45, 7) is 2.07. The number of para-hydroxylation sites is 1. The van der Waals surface area contributed by atoms with E-state index in [1.807, 2.05) is 6.07 Å². The van der Waals surface area contributed by atoms with Crippen LogP contribution in [0.5, 0.6) is 5.75 Å². The minimum Gasteiger partial charge on any atom is -0.462 e. The Labute approximate surface area is 158 Å². The van der Waals surface area contributed by atoms with Crippen LogP contribution in [-0.2, 0) is 6.42 Å². The Hall–Kier alpha value is -2.59. The molecule has 1 aromatic heterocycles. The molecular weight excluding hydrogens is 338 g/mol. The van der Waals surface area contributed by atoms with Crippen LogP contribution in [0.2, 0.25) is 0 Å². The van der Waals surface area contributed by atoms with Gasteiger partial charge in [0.2, 0.25) is 5.79 Å². The van der Waals surface area contributed by atoms with Gasteiger partial charge >= 0.3 is 0 Å². The Morgan fingerprint density at radius 3 is 2.89 bits per heavy atom. The minimum absolute atomic E-state index is 0.380. The van der Waals surface area contributed by atoms with Gasteiger partial charge in [0.25, 0.3) is 0 Å². The molecule has 2 bridgehead atoms. The van der Waals surface area contributed by atoms with Gasteiger partial charge in [-0.1, -0.05) is 53.2 Å². The highest BCUT2D eigenvalue weighted by molar-refractivity contribution is 5.59. The zero-order valence-electron chi connectivity index (χ0n) is 15.4. The zero-order valence-corrected chi connectivity index (χ0v) is 15.4. The standard InChI is InChI=1S/C23H23NO3/c1-15-7-9-16(10-8-15)21-13-19(27-24-21)12-17-4-2-6-20-18-5-3-11-23(25,14-18)26-22(17)20/h2,4,6-10,13,18,25H,3,5,11-12,14H2,1H3.